The van der Waals surface area contributed by atoms with Crippen LogP contribution in [-0.4, -0.2) is 18.4 Å². The lowest BCUT2D eigenvalue weighted by Crippen LogP contribution is -2.27. The summed E-state index contributed by atoms with van der Waals surface area (Å²) in [4.78, 5) is 26.3. The molecule has 0 bridgehead atoms. The lowest BCUT2D eigenvalue weighted by molar-refractivity contribution is 0.0955. The Hall–Kier alpha value is -5.85. The highest BCUT2D eigenvalue weighted by molar-refractivity contribution is 6.31. The number of anilines is 1. The van der Waals surface area contributed by atoms with E-state index in [2.05, 4.69) is 22.8 Å². The molecule has 0 aliphatic heterocycles. The van der Waals surface area contributed by atoms with Crippen LogP contribution in [0.4, 0.5) is 5.69 Å². The van der Waals surface area contributed by atoms with Crippen molar-refractivity contribution in [1.29, 1.82) is 0 Å². The summed E-state index contributed by atoms with van der Waals surface area (Å²) in [5.41, 5.74) is 5.22. The van der Waals surface area contributed by atoms with E-state index in [1.807, 2.05) is 97.1 Å². The van der Waals surface area contributed by atoms with Crippen molar-refractivity contribution in [3.8, 4) is 28.4 Å². The SMILES string of the molecule is O=C(Nc1ccc(Cl)cc1C(=O)NCCc1ccc(-c2ccccc2Oc2ccccc2)cc1)c1ccc(OCc2ccccc2)cc1. The first-order chi connectivity index (χ1) is 23.5. The minimum atomic E-state index is -0.350. The van der Waals surface area contributed by atoms with Crippen LogP contribution in [0.25, 0.3) is 11.1 Å². The normalized spacial score (nSPS) is 10.6. The molecule has 0 saturated heterocycles. The van der Waals surface area contributed by atoms with Gasteiger partial charge in [0.1, 0.15) is 23.9 Å². The summed E-state index contributed by atoms with van der Waals surface area (Å²) in [5.74, 6) is 1.52. The summed E-state index contributed by atoms with van der Waals surface area (Å²) < 4.78 is 12.0. The Balaban J connectivity index is 1.04. The molecule has 0 heterocycles. The van der Waals surface area contributed by atoms with Gasteiger partial charge in [-0.3, -0.25) is 9.59 Å². The second-order valence-corrected chi connectivity index (χ2v) is 11.5. The molecular formula is C41H33ClN2O4. The Morgan fingerprint density at radius 2 is 1.31 bits per heavy atom. The van der Waals surface area contributed by atoms with E-state index in [9.17, 15) is 9.59 Å². The molecule has 48 heavy (non-hydrogen) atoms. The number of rotatable bonds is 12. The van der Waals surface area contributed by atoms with Gasteiger partial charge in [-0.1, -0.05) is 103 Å². The highest BCUT2D eigenvalue weighted by Gasteiger charge is 2.16. The average molecular weight is 653 g/mol. The second kappa shape index (κ2) is 15.6. The van der Waals surface area contributed by atoms with Gasteiger partial charge >= 0.3 is 0 Å². The van der Waals surface area contributed by atoms with Gasteiger partial charge < -0.3 is 20.1 Å². The van der Waals surface area contributed by atoms with Gasteiger partial charge in [-0.05, 0) is 83.8 Å². The van der Waals surface area contributed by atoms with Crippen molar-refractivity contribution in [3.05, 3.63) is 179 Å². The first-order valence-corrected chi connectivity index (χ1v) is 16.0. The van der Waals surface area contributed by atoms with Crippen molar-refractivity contribution in [3.63, 3.8) is 0 Å². The Bertz CT molecular complexity index is 1980. The number of para-hydroxylation sites is 2. The van der Waals surface area contributed by atoms with Gasteiger partial charge in [0.05, 0.1) is 11.3 Å². The Kier molecular flexibility index (Phi) is 10.5. The van der Waals surface area contributed by atoms with Gasteiger partial charge in [-0.15, -0.1) is 0 Å². The molecular weight excluding hydrogens is 620 g/mol. The molecule has 2 amide bonds. The van der Waals surface area contributed by atoms with E-state index >= 15 is 0 Å². The summed E-state index contributed by atoms with van der Waals surface area (Å²) in [6, 6.07) is 47.4. The highest BCUT2D eigenvalue weighted by atomic mass is 35.5. The van der Waals surface area contributed by atoms with Crippen molar-refractivity contribution >= 4 is 29.1 Å². The lowest BCUT2D eigenvalue weighted by atomic mass is 10.0. The number of amides is 2. The van der Waals surface area contributed by atoms with Gasteiger partial charge in [0.25, 0.3) is 11.8 Å². The third kappa shape index (κ3) is 8.49. The second-order valence-electron chi connectivity index (χ2n) is 11.1. The van der Waals surface area contributed by atoms with Crippen molar-refractivity contribution < 1.29 is 19.1 Å². The van der Waals surface area contributed by atoms with Crippen LogP contribution in [0.2, 0.25) is 5.02 Å². The maximum absolute atomic E-state index is 13.2. The molecule has 0 aliphatic rings. The zero-order valence-corrected chi connectivity index (χ0v) is 26.8. The quantitative estimate of drug-likeness (QED) is 0.138. The van der Waals surface area contributed by atoms with E-state index in [4.69, 9.17) is 21.1 Å². The average Bonchev–Trinajstić information content (AvgIpc) is 3.13. The minimum Gasteiger partial charge on any atom is -0.489 e. The van der Waals surface area contributed by atoms with Gasteiger partial charge in [0, 0.05) is 22.7 Å². The summed E-state index contributed by atoms with van der Waals surface area (Å²) in [7, 11) is 0. The standard InChI is InChI=1S/C41H33ClN2O4/c42-33-21-24-38(44-40(45)32-19-22-34(23-20-32)47-28-30-9-3-1-4-10-30)37(27-33)41(46)43-26-25-29-15-17-31(18-16-29)36-13-7-8-14-39(36)48-35-11-5-2-6-12-35/h1-24,27H,25-26,28H2,(H,43,46)(H,44,45). The van der Waals surface area contributed by atoms with E-state index in [0.29, 0.717) is 41.6 Å². The molecule has 0 aromatic heterocycles. The van der Waals surface area contributed by atoms with Crippen LogP contribution in [0.1, 0.15) is 31.8 Å². The molecule has 6 aromatic carbocycles. The minimum absolute atomic E-state index is 0.282. The van der Waals surface area contributed by atoms with Crippen LogP contribution in [0.15, 0.2) is 152 Å². The largest absolute Gasteiger partial charge is 0.489 e. The van der Waals surface area contributed by atoms with Crippen LogP contribution in [0, 0.1) is 0 Å². The van der Waals surface area contributed by atoms with Gasteiger partial charge in [-0.2, -0.15) is 0 Å². The summed E-state index contributed by atoms with van der Waals surface area (Å²) in [5, 5.41) is 6.21. The molecule has 0 saturated carbocycles. The molecule has 6 nitrogen and oxygen atoms in total. The smallest absolute Gasteiger partial charge is 0.255 e. The summed E-state index contributed by atoms with van der Waals surface area (Å²) in [6.07, 6.45) is 0.620. The van der Waals surface area contributed by atoms with Gasteiger partial charge in [-0.25, -0.2) is 0 Å². The van der Waals surface area contributed by atoms with Crippen LogP contribution < -0.4 is 20.1 Å². The number of halogens is 1. The fraction of sp³-hybridized carbons (Fsp3) is 0.0732. The monoisotopic (exact) mass is 652 g/mol. The molecule has 7 heteroatoms. The topological polar surface area (TPSA) is 76.7 Å². The fourth-order valence-electron chi connectivity index (χ4n) is 5.13. The molecule has 6 rings (SSSR count). The number of hydrogen-bond acceptors (Lipinski definition) is 4. The molecule has 238 valence electrons. The molecule has 6 aromatic rings. The van der Waals surface area contributed by atoms with E-state index in [-0.39, 0.29) is 17.4 Å². The van der Waals surface area contributed by atoms with Gasteiger partial charge in [0.15, 0.2) is 0 Å². The summed E-state index contributed by atoms with van der Waals surface area (Å²) in [6.45, 7) is 0.830. The van der Waals surface area contributed by atoms with E-state index < -0.39 is 0 Å². The first-order valence-electron chi connectivity index (χ1n) is 15.6. The highest BCUT2D eigenvalue weighted by Crippen LogP contribution is 2.33. The van der Waals surface area contributed by atoms with Crippen LogP contribution in [0.3, 0.4) is 0 Å². The maximum atomic E-state index is 13.2. The van der Waals surface area contributed by atoms with Crippen molar-refractivity contribution in [2.24, 2.45) is 0 Å². The van der Waals surface area contributed by atoms with E-state index in [1.165, 1.54) is 0 Å². The molecule has 0 unspecified atom stereocenters. The van der Waals surface area contributed by atoms with Crippen molar-refractivity contribution in [2.45, 2.75) is 13.0 Å². The Morgan fingerprint density at radius 3 is 2.06 bits per heavy atom. The predicted molar refractivity (Wildman–Crippen MR) is 191 cm³/mol. The summed E-state index contributed by atoms with van der Waals surface area (Å²) >= 11 is 6.24. The van der Waals surface area contributed by atoms with Crippen LogP contribution in [0.5, 0.6) is 17.2 Å². The zero-order chi connectivity index (χ0) is 33.1. The Labute approximate surface area is 284 Å². The van der Waals surface area contributed by atoms with Crippen LogP contribution in [-0.2, 0) is 13.0 Å². The number of nitrogens with one attached hydrogen (secondary N) is 2. The number of carbonyl (C=O) groups excluding carboxylic acids is 2. The molecule has 2 N–H and O–H groups in total. The van der Waals surface area contributed by atoms with Crippen LogP contribution >= 0.6 is 11.6 Å². The zero-order valence-electron chi connectivity index (χ0n) is 26.1. The fourth-order valence-corrected chi connectivity index (χ4v) is 5.30. The molecule has 0 radical (unpaired) electrons. The third-order valence-corrected chi connectivity index (χ3v) is 7.90. The number of ether oxygens (including phenoxy) is 2. The van der Waals surface area contributed by atoms with Crippen molar-refractivity contribution in [1.82, 2.24) is 5.32 Å². The molecule has 0 spiro atoms. The number of benzene rings is 6. The maximum Gasteiger partial charge on any atom is 0.255 e. The van der Waals surface area contributed by atoms with Crippen molar-refractivity contribution in [2.75, 3.05) is 11.9 Å². The predicted octanol–water partition coefficient (Wildman–Crippen LogP) is 9.60. The number of hydrogen-bond donors (Lipinski definition) is 2. The van der Waals surface area contributed by atoms with E-state index in [0.717, 1.165) is 33.8 Å². The first kappa shape index (κ1) is 32.1. The Morgan fingerprint density at radius 1 is 0.625 bits per heavy atom. The lowest BCUT2D eigenvalue weighted by Gasteiger charge is -2.13. The molecule has 0 fully saturated rings. The molecule has 0 aliphatic carbocycles. The third-order valence-electron chi connectivity index (χ3n) is 7.66. The number of carbonyl (C=O) groups is 2. The molecule has 0 atom stereocenters. The van der Waals surface area contributed by atoms with E-state index in [1.54, 1.807) is 42.5 Å². The van der Waals surface area contributed by atoms with Gasteiger partial charge in [0.2, 0.25) is 0 Å².